The molecule has 0 saturated heterocycles. The van der Waals surface area contributed by atoms with Crippen LogP contribution >= 0.6 is 11.6 Å². The first kappa shape index (κ1) is 12.5. The zero-order valence-corrected chi connectivity index (χ0v) is 9.71. The molecule has 0 spiro atoms. The number of carboxylic acid groups (broad SMARTS) is 1. The molecule has 0 fully saturated rings. The van der Waals surface area contributed by atoms with E-state index in [1.807, 2.05) is 0 Å². The minimum Gasteiger partial charge on any atom is -0.478 e. The van der Waals surface area contributed by atoms with Crippen LogP contribution in [-0.2, 0) is 0 Å². The van der Waals surface area contributed by atoms with Crippen LogP contribution in [0.15, 0.2) is 36.4 Å². The predicted octanol–water partition coefficient (Wildman–Crippen LogP) is 3.98. The van der Waals surface area contributed by atoms with Crippen LogP contribution in [0, 0.1) is 11.6 Å². The van der Waals surface area contributed by atoms with Gasteiger partial charge in [0.15, 0.2) is 0 Å². The molecule has 0 atom stereocenters. The Morgan fingerprint density at radius 1 is 1.11 bits per heavy atom. The number of hydrogen-bond donors (Lipinski definition) is 1. The monoisotopic (exact) mass is 268 g/mol. The van der Waals surface area contributed by atoms with Gasteiger partial charge >= 0.3 is 5.97 Å². The molecule has 0 unspecified atom stereocenters. The third kappa shape index (κ3) is 2.33. The highest BCUT2D eigenvalue weighted by Gasteiger charge is 2.12. The van der Waals surface area contributed by atoms with Crippen molar-refractivity contribution in [2.24, 2.45) is 0 Å². The molecule has 0 amide bonds. The van der Waals surface area contributed by atoms with E-state index in [4.69, 9.17) is 16.7 Å². The highest BCUT2D eigenvalue weighted by Crippen LogP contribution is 2.28. The molecule has 0 aromatic heterocycles. The largest absolute Gasteiger partial charge is 0.478 e. The van der Waals surface area contributed by atoms with Crippen molar-refractivity contribution in [2.45, 2.75) is 0 Å². The van der Waals surface area contributed by atoms with Crippen LogP contribution in [0.25, 0.3) is 11.1 Å². The first-order valence-electron chi connectivity index (χ1n) is 4.97. The van der Waals surface area contributed by atoms with Crippen LogP contribution in [0.4, 0.5) is 8.78 Å². The molecule has 18 heavy (non-hydrogen) atoms. The van der Waals surface area contributed by atoms with Gasteiger partial charge in [-0.3, -0.25) is 0 Å². The van der Waals surface area contributed by atoms with Gasteiger partial charge in [-0.2, -0.15) is 0 Å². The average molecular weight is 269 g/mol. The fourth-order valence-corrected chi connectivity index (χ4v) is 1.84. The van der Waals surface area contributed by atoms with Crippen LogP contribution in [0.5, 0.6) is 0 Å². The summed E-state index contributed by atoms with van der Waals surface area (Å²) in [5.74, 6) is -2.57. The molecule has 2 aromatic rings. The molecular formula is C13H7ClF2O2. The molecule has 0 aliphatic rings. The molecule has 0 aliphatic heterocycles. The van der Waals surface area contributed by atoms with E-state index >= 15 is 0 Å². The maximum atomic E-state index is 13.5. The molecule has 2 nitrogen and oxygen atoms in total. The summed E-state index contributed by atoms with van der Waals surface area (Å²) in [6.45, 7) is 0. The second-order valence-corrected chi connectivity index (χ2v) is 4.03. The Balaban J connectivity index is 2.52. The highest BCUT2D eigenvalue weighted by molar-refractivity contribution is 6.33. The fraction of sp³-hybridized carbons (Fsp3) is 0. The van der Waals surface area contributed by atoms with Crippen LogP contribution < -0.4 is 0 Å². The number of carboxylic acids is 1. The Kier molecular flexibility index (Phi) is 3.30. The molecule has 0 bridgehead atoms. The van der Waals surface area contributed by atoms with Crippen LogP contribution in [0.3, 0.4) is 0 Å². The first-order chi connectivity index (χ1) is 8.49. The van der Waals surface area contributed by atoms with E-state index in [0.717, 1.165) is 12.1 Å². The van der Waals surface area contributed by atoms with E-state index in [-0.39, 0.29) is 16.1 Å². The lowest BCUT2D eigenvalue weighted by Gasteiger charge is -2.06. The standard InChI is InChI=1S/C13H7ClF2O2/c14-11-5-7(1-3-10(11)13(17)18)9-4-2-8(15)6-12(9)16/h1-6H,(H,17,18). The highest BCUT2D eigenvalue weighted by atomic mass is 35.5. The van der Waals surface area contributed by atoms with E-state index < -0.39 is 17.6 Å². The molecule has 0 heterocycles. The molecule has 0 saturated carbocycles. The minimum absolute atomic E-state index is 0.00345. The molecule has 1 N–H and O–H groups in total. The summed E-state index contributed by atoms with van der Waals surface area (Å²) in [5.41, 5.74) is 0.487. The summed E-state index contributed by atoms with van der Waals surface area (Å²) in [7, 11) is 0. The van der Waals surface area contributed by atoms with Crippen LogP contribution in [-0.4, -0.2) is 11.1 Å². The molecule has 92 valence electrons. The number of halogens is 3. The molecular weight excluding hydrogens is 262 g/mol. The van der Waals surface area contributed by atoms with Crippen molar-refractivity contribution in [1.29, 1.82) is 0 Å². The van der Waals surface area contributed by atoms with Gasteiger partial charge in [-0.15, -0.1) is 0 Å². The minimum atomic E-state index is -1.16. The van der Waals surface area contributed by atoms with Crippen LogP contribution in [0.2, 0.25) is 5.02 Å². The van der Waals surface area contributed by atoms with Gasteiger partial charge in [-0.05, 0) is 29.8 Å². The Hall–Kier alpha value is -1.94. The summed E-state index contributed by atoms with van der Waals surface area (Å²) in [4.78, 5) is 10.8. The van der Waals surface area contributed by atoms with Gasteiger partial charge in [0.05, 0.1) is 10.6 Å². The molecule has 5 heteroatoms. The maximum Gasteiger partial charge on any atom is 0.337 e. The van der Waals surface area contributed by atoms with Crippen LogP contribution in [0.1, 0.15) is 10.4 Å². The number of hydrogen-bond acceptors (Lipinski definition) is 1. The summed E-state index contributed by atoms with van der Waals surface area (Å²) in [5, 5.41) is 8.81. The average Bonchev–Trinajstić information content (AvgIpc) is 2.28. The van der Waals surface area contributed by atoms with E-state index in [1.54, 1.807) is 0 Å². The van der Waals surface area contributed by atoms with Gasteiger partial charge < -0.3 is 5.11 Å². The topological polar surface area (TPSA) is 37.3 Å². The van der Waals surface area contributed by atoms with Crippen molar-refractivity contribution >= 4 is 17.6 Å². The summed E-state index contributed by atoms with van der Waals surface area (Å²) in [6.07, 6.45) is 0. The first-order valence-corrected chi connectivity index (χ1v) is 5.35. The number of benzene rings is 2. The van der Waals surface area contributed by atoms with Crippen molar-refractivity contribution in [3.8, 4) is 11.1 Å². The quantitative estimate of drug-likeness (QED) is 0.894. The molecule has 0 radical (unpaired) electrons. The number of carbonyl (C=O) groups is 1. The zero-order valence-electron chi connectivity index (χ0n) is 8.95. The van der Waals surface area contributed by atoms with Gasteiger partial charge in [-0.1, -0.05) is 17.7 Å². The lowest BCUT2D eigenvalue weighted by Crippen LogP contribution is -1.97. The number of aromatic carboxylic acids is 1. The summed E-state index contributed by atoms with van der Waals surface area (Å²) in [6, 6.07) is 7.19. The van der Waals surface area contributed by atoms with Gasteiger partial charge in [0, 0.05) is 11.6 Å². The Labute approximate surface area is 106 Å². The van der Waals surface area contributed by atoms with E-state index in [9.17, 15) is 13.6 Å². The second-order valence-electron chi connectivity index (χ2n) is 3.62. The van der Waals surface area contributed by atoms with E-state index in [0.29, 0.717) is 5.56 Å². The van der Waals surface area contributed by atoms with Crippen molar-refractivity contribution in [1.82, 2.24) is 0 Å². The lowest BCUT2D eigenvalue weighted by molar-refractivity contribution is 0.0697. The van der Waals surface area contributed by atoms with Gasteiger partial charge in [0.2, 0.25) is 0 Å². The SMILES string of the molecule is O=C(O)c1ccc(-c2ccc(F)cc2F)cc1Cl. The third-order valence-corrected chi connectivity index (χ3v) is 2.75. The normalized spacial score (nSPS) is 10.4. The Morgan fingerprint density at radius 2 is 1.83 bits per heavy atom. The smallest absolute Gasteiger partial charge is 0.337 e. The van der Waals surface area contributed by atoms with E-state index in [2.05, 4.69) is 0 Å². The van der Waals surface area contributed by atoms with E-state index in [1.165, 1.54) is 24.3 Å². The Morgan fingerprint density at radius 3 is 2.39 bits per heavy atom. The summed E-state index contributed by atoms with van der Waals surface area (Å²) >= 11 is 5.78. The van der Waals surface area contributed by atoms with Crippen molar-refractivity contribution < 1.29 is 18.7 Å². The van der Waals surface area contributed by atoms with Gasteiger partial charge in [-0.25, -0.2) is 13.6 Å². The predicted molar refractivity (Wildman–Crippen MR) is 63.8 cm³/mol. The van der Waals surface area contributed by atoms with Crippen molar-refractivity contribution in [3.63, 3.8) is 0 Å². The second kappa shape index (κ2) is 4.74. The van der Waals surface area contributed by atoms with Gasteiger partial charge in [0.1, 0.15) is 11.6 Å². The summed E-state index contributed by atoms with van der Waals surface area (Å²) < 4.78 is 26.3. The number of rotatable bonds is 2. The fourth-order valence-electron chi connectivity index (χ4n) is 1.58. The lowest BCUT2D eigenvalue weighted by atomic mass is 10.0. The molecule has 2 rings (SSSR count). The Bertz CT molecular complexity index is 626. The molecule has 0 aliphatic carbocycles. The molecule has 2 aromatic carbocycles. The van der Waals surface area contributed by atoms with Crippen molar-refractivity contribution in [3.05, 3.63) is 58.6 Å². The van der Waals surface area contributed by atoms with Crippen molar-refractivity contribution in [2.75, 3.05) is 0 Å². The zero-order chi connectivity index (χ0) is 13.3. The third-order valence-electron chi connectivity index (χ3n) is 2.44. The maximum absolute atomic E-state index is 13.5. The van der Waals surface area contributed by atoms with Gasteiger partial charge in [0.25, 0.3) is 0 Å².